The van der Waals surface area contributed by atoms with Gasteiger partial charge in [-0.1, -0.05) is 6.92 Å². The van der Waals surface area contributed by atoms with Crippen LogP contribution in [0, 0.1) is 5.41 Å². The Kier molecular flexibility index (Phi) is 9.89. The summed E-state index contributed by atoms with van der Waals surface area (Å²) >= 11 is 0. The summed E-state index contributed by atoms with van der Waals surface area (Å²) in [6, 6.07) is 6.18. The van der Waals surface area contributed by atoms with E-state index in [4.69, 9.17) is 39.0 Å². The summed E-state index contributed by atoms with van der Waals surface area (Å²) in [7, 11) is 0. The fourth-order valence-corrected chi connectivity index (χ4v) is 9.32. The molecule has 0 radical (unpaired) electrons. The van der Waals surface area contributed by atoms with Gasteiger partial charge in [0, 0.05) is 50.4 Å². The monoisotopic (exact) mass is 768 g/mol. The van der Waals surface area contributed by atoms with E-state index in [0.29, 0.717) is 13.2 Å². The van der Waals surface area contributed by atoms with E-state index < -0.39 is 11.7 Å². The lowest BCUT2D eigenvalue weighted by Gasteiger charge is -2.42. The summed E-state index contributed by atoms with van der Waals surface area (Å²) in [5.41, 5.74) is 4.69. The van der Waals surface area contributed by atoms with Crippen molar-refractivity contribution in [3.05, 3.63) is 36.3 Å². The molecule has 1 spiro atoms. The maximum Gasteiger partial charge on any atom is 0.407 e. The summed E-state index contributed by atoms with van der Waals surface area (Å²) in [6.07, 6.45) is 11.7. The largest absolute Gasteiger partial charge is 0.444 e. The molecule has 56 heavy (non-hydrogen) atoms. The van der Waals surface area contributed by atoms with Crippen molar-refractivity contribution in [3.63, 3.8) is 0 Å². The lowest BCUT2D eigenvalue weighted by molar-refractivity contribution is -0.0384. The molecule has 15 nitrogen and oxygen atoms in total. The Bertz CT molecular complexity index is 2040. The normalized spacial score (nSPS) is 26.8. The van der Waals surface area contributed by atoms with Crippen molar-refractivity contribution in [2.24, 2.45) is 5.41 Å². The topological polar surface area (TPSA) is 147 Å². The maximum atomic E-state index is 12.8. The number of rotatable bonds is 6. The van der Waals surface area contributed by atoms with Crippen molar-refractivity contribution in [1.82, 2.24) is 39.8 Å². The van der Waals surface area contributed by atoms with Gasteiger partial charge in [0.15, 0.2) is 29.4 Å². The van der Waals surface area contributed by atoms with Crippen LogP contribution in [0.15, 0.2) is 30.6 Å². The van der Waals surface area contributed by atoms with Gasteiger partial charge in [-0.3, -0.25) is 0 Å². The van der Waals surface area contributed by atoms with Crippen LogP contribution in [-0.2, 0) is 18.9 Å². The molecule has 9 heterocycles. The maximum absolute atomic E-state index is 12.8. The number of hydrogen-bond acceptors (Lipinski definition) is 12. The smallest absolute Gasteiger partial charge is 0.407 e. The zero-order valence-corrected chi connectivity index (χ0v) is 33.4. The van der Waals surface area contributed by atoms with Crippen LogP contribution < -0.4 is 15.1 Å². The van der Waals surface area contributed by atoms with E-state index in [0.717, 1.165) is 130 Å². The number of nitrogens with one attached hydrogen (secondary N) is 1. The Balaban J connectivity index is 1.00. The molecule has 15 heteroatoms. The van der Waals surface area contributed by atoms with Gasteiger partial charge in [-0.25, -0.2) is 29.1 Å². The van der Waals surface area contributed by atoms with Crippen LogP contribution in [0.5, 0.6) is 0 Å². The number of hydrogen-bond donors (Lipinski definition) is 1. The predicted octanol–water partition coefficient (Wildman–Crippen LogP) is 7.03. The second-order valence-corrected chi connectivity index (χ2v) is 17.4. The first-order chi connectivity index (χ1) is 27.1. The number of aromatic nitrogens is 7. The standard InChI is InChI=1S/C41H56N10O5/c1-26-15-19-49(30-13-12-28(44-34(26)30)29-14-18-43-50(29)32-10-6-8-22-53-32)38-35-37(51(47-38)33-11-7-9-23-54-33)45-31(24-42-35)48-20-16-41(17-21-48)25-55-27(2)36(41)46-39(52)56-40(3,4)5/h12-14,18,24,26-27,32-33,36H,6-11,15-17,19-23,25H2,1-5H3,(H,46,52)/t26-,27+,32?,33?,36-/m1/s1. The molecule has 4 saturated heterocycles. The lowest BCUT2D eigenvalue weighted by Crippen LogP contribution is -2.55. The van der Waals surface area contributed by atoms with Crippen LogP contribution in [0.3, 0.4) is 0 Å². The molecule has 2 unspecified atom stereocenters. The highest BCUT2D eigenvalue weighted by atomic mass is 16.6. The molecule has 1 N–H and O–H groups in total. The SMILES string of the molecule is C[C@@H]1CCN(c2nn(C3CCCCO3)c3nc(N4CCC5(CC4)CO[C@@H](C)[C@H]5NC(=O)OC(C)(C)C)cnc23)c2ccc(-c3ccnn3C3CCCCO3)nc21. The van der Waals surface area contributed by atoms with Gasteiger partial charge in [0.05, 0.1) is 47.7 Å². The van der Waals surface area contributed by atoms with E-state index in [9.17, 15) is 4.79 Å². The summed E-state index contributed by atoms with van der Waals surface area (Å²) in [5.74, 6) is 1.87. The quantitative estimate of drug-likeness (QED) is 0.215. The highest BCUT2D eigenvalue weighted by Gasteiger charge is 2.50. The average molecular weight is 769 g/mol. The number of ether oxygens (including phenoxy) is 4. The number of piperidine rings is 1. The minimum atomic E-state index is -0.568. The van der Waals surface area contributed by atoms with Crippen molar-refractivity contribution >= 4 is 34.6 Å². The highest BCUT2D eigenvalue weighted by molar-refractivity contribution is 5.88. The zero-order valence-electron chi connectivity index (χ0n) is 33.4. The second kappa shape index (κ2) is 14.9. The molecule has 1 amide bonds. The van der Waals surface area contributed by atoms with E-state index >= 15 is 0 Å². The summed E-state index contributed by atoms with van der Waals surface area (Å²) < 4.78 is 28.2. The van der Waals surface area contributed by atoms with Gasteiger partial charge < -0.3 is 34.1 Å². The number of pyridine rings is 1. The van der Waals surface area contributed by atoms with Crippen LogP contribution in [0.25, 0.3) is 22.6 Å². The van der Waals surface area contributed by atoms with Crippen LogP contribution in [0.4, 0.5) is 22.1 Å². The van der Waals surface area contributed by atoms with Crippen molar-refractivity contribution in [2.45, 2.75) is 129 Å². The van der Waals surface area contributed by atoms with Gasteiger partial charge in [0.2, 0.25) is 0 Å². The summed E-state index contributed by atoms with van der Waals surface area (Å²) in [5, 5.41) is 13.1. The number of amides is 1. The first kappa shape index (κ1) is 37.2. The molecule has 300 valence electrons. The molecule has 9 rings (SSSR count). The molecular weight excluding hydrogens is 713 g/mol. The molecular formula is C41H56N10O5. The zero-order chi connectivity index (χ0) is 38.6. The number of fused-ring (bicyclic) bond motifs is 2. The number of nitrogens with zero attached hydrogens (tertiary/aromatic N) is 9. The molecule has 4 fully saturated rings. The van der Waals surface area contributed by atoms with Gasteiger partial charge >= 0.3 is 6.09 Å². The van der Waals surface area contributed by atoms with E-state index in [1.807, 2.05) is 55.5 Å². The molecule has 0 aliphatic carbocycles. The molecule has 4 aromatic heterocycles. The third-order valence-electron chi connectivity index (χ3n) is 12.4. The molecule has 5 aliphatic heterocycles. The number of carbonyl (C=O) groups excluding carboxylic acids is 1. The van der Waals surface area contributed by atoms with Crippen LogP contribution in [0.2, 0.25) is 0 Å². The minimum Gasteiger partial charge on any atom is -0.444 e. The third kappa shape index (κ3) is 6.99. The van der Waals surface area contributed by atoms with Crippen LogP contribution >= 0.6 is 0 Å². The molecule has 0 bridgehead atoms. The van der Waals surface area contributed by atoms with Crippen molar-refractivity contribution in [1.29, 1.82) is 0 Å². The fourth-order valence-electron chi connectivity index (χ4n) is 9.32. The number of anilines is 3. The van der Waals surface area contributed by atoms with Gasteiger partial charge in [0.25, 0.3) is 0 Å². The fraction of sp³-hybridized carbons (Fsp3) is 0.659. The Morgan fingerprint density at radius 2 is 1.66 bits per heavy atom. The van der Waals surface area contributed by atoms with E-state index in [-0.39, 0.29) is 35.9 Å². The van der Waals surface area contributed by atoms with Crippen molar-refractivity contribution < 1.29 is 23.7 Å². The van der Waals surface area contributed by atoms with E-state index in [1.165, 1.54) is 0 Å². The average Bonchev–Trinajstić information content (AvgIpc) is 3.92. The molecule has 0 aromatic carbocycles. The van der Waals surface area contributed by atoms with Crippen LogP contribution in [-0.4, -0.2) is 97.8 Å². The third-order valence-corrected chi connectivity index (χ3v) is 12.4. The van der Waals surface area contributed by atoms with Gasteiger partial charge in [-0.2, -0.15) is 5.10 Å². The number of carbonyl (C=O) groups is 1. The first-order valence-corrected chi connectivity index (χ1v) is 20.7. The highest BCUT2D eigenvalue weighted by Crippen LogP contribution is 2.45. The molecule has 4 aromatic rings. The van der Waals surface area contributed by atoms with Crippen molar-refractivity contribution in [2.75, 3.05) is 49.3 Å². The molecule has 5 aliphatic rings. The van der Waals surface area contributed by atoms with Gasteiger partial charge in [-0.15, -0.1) is 5.10 Å². The van der Waals surface area contributed by atoms with Crippen molar-refractivity contribution in [3.8, 4) is 11.4 Å². The van der Waals surface area contributed by atoms with E-state index in [1.54, 1.807) is 0 Å². The number of alkyl carbamates (subject to hydrolysis) is 1. The summed E-state index contributed by atoms with van der Waals surface area (Å²) in [6.45, 7) is 14.3. The predicted molar refractivity (Wildman–Crippen MR) is 211 cm³/mol. The Morgan fingerprint density at radius 1 is 0.911 bits per heavy atom. The molecule has 5 atom stereocenters. The van der Waals surface area contributed by atoms with Crippen LogP contribution in [0.1, 0.15) is 116 Å². The Hall–Kier alpha value is -4.34. The Morgan fingerprint density at radius 3 is 2.38 bits per heavy atom. The summed E-state index contributed by atoms with van der Waals surface area (Å²) in [4.78, 5) is 33.1. The van der Waals surface area contributed by atoms with E-state index in [2.05, 4.69) is 39.3 Å². The van der Waals surface area contributed by atoms with Gasteiger partial charge in [-0.05, 0) is 104 Å². The second-order valence-electron chi connectivity index (χ2n) is 17.4. The molecule has 0 saturated carbocycles. The minimum absolute atomic E-state index is 0.0640. The lowest BCUT2D eigenvalue weighted by atomic mass is 9.73. The first-order valence-electron chi connectivity index (χ1n) is 20.7. The Labute approximate surface area is 328 Å². The van der Waals surface area contributed by atoms with Gasteiger partial charge in [0.1, 0.15) is 11.4 Å².